The molecule has 0 saturated carbocycles. The van der Waals surface area contributed by atoms with E-state index in [0.717, 1.165) is 29.8 Å². The van der Waals surface area contributed by atoms with Crippen molar-refractivity contribution in [3.05, 3.63) is 41.5 Å². The minimum atomic E-state index is -4.64. The summed E-state index contributed by atoms with van der Waals surface area (Å²) in [6.45, 7) is 12.6. The van der Waals surface area contributed by atoms with E-state index in [9.17, 15) is 18.0 Å². The second-order valence-electron chi connectivity index (χ2n) is 10.3. The molecule has 0 aliphatic rings. The predicted octanol–water partition coefficient (Wildman–Crippen LogP) is 5.85. The first kappa shape index (κ1) is 33.7. The van der Waals surface area contributed by atoms with Gasteiger partial charge in [0.05, 0.1) is 11.6 Å². The van der Waals surface area contributed by atoms with E-state index < -0.39 is 23.9 Å². The standard InChI is InChI=1S/C29H36F3N9O3S/c1-6-34-28(42)38-22-12-19(27-37-21(15-45-27)29(30,31)32)20(14-35-22)18-11-17(24-39-40-26(44-24)23(33)16(4)5)13-36-25(18)43-10-9-41(7-2)8-3/h11-16,23H,6-10,33H2,1-5H3,(H2,34,35,38,42)/t23-/m0/s1. The van der Waals surface area contributed by atoms with Crippen LogP contribution in [0.1, 0.15) is 52.2 Å². The number of alkyl halides is 3. The Morgan fingerprint density at radius 3 is 2.49 bits per heavy atom. The van der Waals surface area contributed by atoms with Crippen LogP contribution in [0.25, 0.3) is 33.2 Å². The van der Waals surface area contributed by atoms with Crippen LogP contribution in [0.5, 0.6) is 5.88 Å². The van der Waals surface area contributed by atoms with Crippen LogP contribution in [0.2, 0.25) is 0 Å². The number of thiazole rings is 1. The zero-order valence-electron chi connectivity index (χ0n) is 25.6. The Bertz CT molecular complexity index is 1590. The van der Waals surface area contributed by atoms with Crippen LogP contribution in [0.15, 0.2) is 34.3 Å². The van der Waals surface area contributed by atoms with Crippen LogP contribution in [-0.4, -0.2) is 68.9 Å². The molecule has 0 bridgehead atoms. The number of likely N-dealkylation sites (N-methyl/N-ethyl adjacent to an activating group) is 1. The molecule has 0 fully saturated rings. The summed E-state index contributed by atoms with van der Waals surface area (Å²) in [6.07, 6.45) is -1.70. The lowest BCUT2D eigenvalue weighted by atomic mass is 10.0. The molecule has 0 unspecified atom stereocenters. The number of urea groups is 1. The lowest BCUT2D eigenvalue weighted by Crippen LogP contribution is -2.28. The Morgan fingerprint density at radius 2 is 1.84 bits per heavy atom. The van der Waals surface area contributed by atoms with Crippen LogP contribution >= 0.6 is 11.3 Å². The number of nitrogens with two attached hydrogens (primary N) is 1. The van der Waals surface area contributed by atoms with Crippen molar-refractivity contribution >= 4 is 23.2 Å². The van der Waals surface area contributed by atoms with Crippen molar-refractivity contribution < 1.29 is 27.1 Å². The molecule has 12 nitrogen and oxygen atoms in total. The third-order valence-electron chi connectivity index (χ3n) is 6.88. The minimum Gasteiger partial charge on any atom is -0.476 e. The van der Waals surface area contributed by atoms with Crippen LogP contribution in [0, 0.1) is 5.92 Å². The number of hydrogen-bond donors (Lipinski definition) is 3. The Kier molecular flexibility index (Phi) is 11.1. The summed E-state index contributed by atoms with van der Waals surface area (Å²) in [5.41, 5.74) is 6.63. The van der Waals surface area contributed by atoms with Crippen LogP contribution in [0.4, 0.5) is 23.8 Å². The van der Waals surface area contributed by atoms with Crippen molar-refractivity contribution in [3.63, 3.8) is 0 Å². The second kappa shape index (κ2) is 14.8. The van der Waals surface area contributed by atoms with Gasteiger partial charge in [-0.1, -0.05) is 27.7 Å². The highest BCUT2D eigenvalue weighted by Gasteiger charge is 2.34. The Hall–Kier alpha value is -4.15. The van der Waals surface area contributed by atoms with Gasteiger partial charge in [-0.25, -0.2) is 19.7 Å². The van der Waals surface area contributed by atoms with E-state index >= 15 is 0 Å². The molecular weight excluding hydrogens is 611 g/mol. The van der Waals surface area contributed by atoms with Crippen molar-refractivity contribution in [1.29, 1.82) is 0 Å². The molecule has 4 aromatic heterocycles. The van der Waals surface area contributed by atoms with Gasteiger partial charge in [0.15, 0.2) is 5.69 Å². The van der Waals surface area contributed by atoms with Gasteiger partial charge in [-0.2, -0.15) is 13.2 Å². The first-order chi connectivity index (χ1) is 21.4. The van der Waals surface area contributed by atoms with Gasteiger partial charge in [0.25, 0.3) is 0 Å². The first-order valence-corrected chi connectivity index (χ1v) is 15.4. The van der Waals surface area contributed by atoms with Gasteiger partial charge in [0.1, 0.15) is 17.4 Å². The number of carbonyl (C=O) groups is 1. The monoisotopic (exact) mass is 647 g/mol. The molecular formula is C29H36F3N9O3S. The summed E-state index contributed by atoms with van der Waals surface area (Å²) in [5, 5.41) is 14.4. The molecule has 0 aromatic carbocycles. The topological polar surface area (TPSA) is 157 Å². The van der Waals surface area contributed by atoms with Gasteiger partial charge in [0.2, 0.25) is 17.7 Å². The van der Waals surface area contributed by atoms with Gasteiger partial charge in [-0.15, -0.1) is 21.5 Å². The number of hydrogen-bond acceptors (Lipinski definition) is 11. The number of anilines is 1. The molecule has 2 amide bonds. The number of carbonyl (C=O) groups excluding carboxylic acids is 1. The Balaban J connectivity index is 1.85. The smallest absolute Gasteiger partial charge is 0.434 e. The van der Waals surface area contributed by atoms with E-state index in [1.165, 1.54) is 18.5 Å². The zero-order valence-corrected chi connectivity index (χ0v) is 26.4. The first-order valence-electron chi connectivity index (χ1n) is 14.5. The highest BCUT2D eigenvalue weighted by molar-refractivity contribution is 7.13. The van der Waals surface area contributed by atoms with Crippen molar-refractivity contribution in [2.45, 2.75) is 46.8 Å². The Labute approximate surface area is 262 Å². The maximum Gasteiger partial charge on any atom is 0.434 e. The summed E-state index contributed by atoms with van der Waals surface area (Å²) in [7, 11) is 0. The molecule has 0 saturated heterocycles. The van der Waals surface area contributed by atoms with Crippen LogP contribution in [0.3, 0.4) is 0 Å². The molecule has 0 radical (unpaired) electrons. The van der Waals surface area contributed by atoms with E-state index in [1.807, 2.05) is 27.7 Å². The average molecular weight is 648 g/mol. The van der Waals surface area contributed by atoms with Gasteiger partial charge in [-0.05, 0) is 38.1 Å². The molecule has 4 heterocycles. The SMILES string of the molecule is CCNC(=O)Nc1cc(-c2nc(C(F)(F)F)cs2)c(-c2cc(-c3nnc([C@@H](N)C(C)C)o3)cnc2OCCN(CC)CC)cn1. The average Bonchev–Trinajstić information content (AvgIpc) is 3.70. The molecule has 0 spiro atoms. The lowest BCUT2D eigenvalue weighted by Gasteiger charge is -2.19. The minimum absolute atomic E-state index is 0.0496. The highest BCUT2D eigenvalue weighted by Crippen LogP contribution is 2.41. The fourth-order valence-electron chi connectivity index (χ4n) is 4.22. The fourth-order valence-corrected chi connectivity index (χ4v) is 5.08. The second-order valence-corrected chi connectivity index (χ2v) is 11.2. The van der Waals surface area contributed by atoms with Gasteiger partial charge in [0, 0.05) is 47.6 Å². The zero-order chi connectivity index (χ0) is 32.7. The molecule has 4 N–H and O–H groups in total. The van der Waals surface area contributed by atoms with Gasteiger partial charge in [-0.3, -0.25) is 5.32 Å². The number of pyridine rings is 2. The fraction of sp³-hybridized carbons (Fsp3) is 0.448. The lowest BCUT2D eigenvalue weighted by molar-refractivity contribution is -0.140. The van der Waals surface area contributed by atoms with Gasteiger partial charge >= 0.3 is 12.2 Å². The molecule has 0 aliphatic carbocycles. The summed E-state index contributed by atoms with van der Waals surface area (Å²) in [4.78, 5) is 27.2. The third-order valence-corrected chi connectivity index (χ3v) is 7.76. The molecule has 242 valence electrons. The van der Waals surface area contributed by atoms with E-state index in [4.69, 9.17) is 14.9 Å². The van der Waals surface area contributed by atoms with E-state index in [1.54, 1.807) is 13.0 Å². The molecule has 4 rings (SSSR count). The van der Waals surface area contributed by atoms with E-state index in [0.29, 0.717) is 36.4 Å². The molecule has 1 atom stereocenters. The number of halogens is 3. The van der Waals surface area contributed by atoms with E-state index in [-0.39, 0.29) is 40.0 Å². The van der Waals surface area contributed by atoms with E-state index in [2.05, 4.69) is 40.7 Å². The number of aromatic nitrogens is 5. The van der Waals surface area contributed by atoms with Crippen molar-refractivity contribution in [2.75, 3.05) is 38.1 Å². The number of nitrogens with one attached hydrogen (secondary N) is 2. The number of ether oxygens (including phenoxy) is 1. The molecule has 45 heavy (non-hydrogen) atoms. The summed E-state index contributed by atoms with van der Waals surface area (Å²) < 4.78 is 52.7. The third kappa shape index (κ3) is 8.32. The molecule has 4 aromatic rings. The van der Waals surface area contributed by atoms with Crippen molar-refractivity contribution in [1.82, 2.24) is 35.4 Å². The number of rotatable bonds is 13. The highest BCUT2D eigenvalue weighted by atomic mass is 32.1. The number of amides is 2. The summed E-state index contributed by atoms with van der Waals surface area (Å²) >= 11 is 0.810. The maximum absolute atomic E-state index is 13.6. The quantitative estimate of drug-likeness (QED) is 0.161. The normalized spacial score (nSPS) is 12.5. The predicted molar refractivity (Wildman–Crippen MR) is 165 cm³/mol. The van der Waals surface area contributed by atoms with Crippen LogP contribution in [-0.2, 0) is 6.18 Å². The summed E-state index contributed by atoms with van der Waals surface area (Å²) in [6, 6.07) is 2.15. The maximum atomic E-state index is 13.6. The van der Waals surface area contributed by atoms with Crippen LogP contribution < -0.4 is 21.1 Å². The molecule has 16 heteroatoms. The summed E-state index contributed by atoms with van der Waals surface area (Å²) in [5.74, 6) is 0.785. The van der Waals surface area contributed by atoms with Crippen molar-refractivity contribution in [2.24, 2.45) is 11.7 Å². The largest absolute Gasteiger partial charge is 0.476 e. The Morgan fingerprint density at radius 1 is 1.09 bits per heavy atom. The van der Waals surface area contributed by atoms with Crippen molar-refractivity contribution in [3.8, 4) is 39.0 Å². The molecule has 0 aliphatic heterocycles. The van der Waals surface area contributed by atoms with Gasteiger partial charge < -0.3 is 25.1 Å². The number of nitrogens with zero attached hydrogens (tertiary/aromatic N) is 6.